The zero-order valence-electron chi connectivity index (χ0n) is 34.7. The average Bonchev–Trinajstić information content (AvgIpc) is 3.13. The molecule has 0 amide bonds. The van der Waals surface area contributed by atoms with E-state index in [0.717, 1.165) is 112 Å². The summed E-state index contributed by atoms with van der Waals surface area (Å²) in [6.07, 6.45) is 34.8. The summed E-state index contributed by atoms with van der Waals surface area (Å²) in [4.78, 5) is 0.526. The fourth-order valence-electron chi connectivity index (χ4n) is 8.40. The van der Waals surface area contributed by atoms with Gasteiger partial charge in [-0.15, -0.1) is 0 Å². The fourth-order valence-corrected chi connectivity index (χ4v) is 18.2. The van der Waals surface area contributed by atoms with Crippen LogP contribution in [0.2, 0.25) is 0 Å². The van der Waals surface area contributed by atoms with Gasteiger partial charge in [0.1, 0.15) is 0 Å². The summed E-state index contributed by atoms with van der Waals surface area (Å²) >= 11 is 0. The Morgan fingerprint density at radius 3 is 1.37 bits per heavy atom. The summed E-state index contributed by atoms with van der Waals surface area (Å²) in [5.41, 5.74) is 2.33. The molecule has 0 N–H and O–H groups in total. The van der Waals surface area contributed by atoms with Crippen molar-refractivity contribution in [3.8, 4) is 0 Å². The van der Waals surface area contributed by atoms with Crippen molar-refractivity contribution in [3.05, 3.63) is 41.5 Å². The molecule has 0 atom stereocenters. The second kappa shape index (κ2) is 26.0. The van der Waals surface area contributed by atoms with Gasteiger partial charge in [0.05, 0.1) is 0 Å². The molecular formula is C46H83O3PS. The number of hydrogen-bond donors (Lipinski definition) is 0. The van der Waals surface area contributed by atoms with E-state index in [0.29, 0.717) is 4.90 Å². The predicted octanol–water partition coefficient (Wildman–Crippen LogP) is 15.6. The van der Waals surface area contributed by atoms with Gasteiger partial charge in [-0.3, -0.25) is 0 Å². The normalized spacial score (nSPS) is 13.2. The van der Waals surface area contributed by atoms with E-state index in [-0.39, 0.29) is 0 Å². The number of benzene rings is 2. The van der Waals surface area contributed by atoms with Crippen LogP contribution in [0.3, 0.4) is 0 Å². The summed E-state index contributed by atoms with van der Waals surface area (Å²) in [5.74, 6) is 0. The Morgan fingerprint density at radius 2 is 0.922 bits per heavy atom. The molecule has 2 aromatic rings. The molecule has 5 heteroatoms. The van der Waals surface area contributed by atoms with Gasteiger partial charge in [0.25, 0.3) is 0 Å². The monoisotopic (exact) mass is 747 g/mol. The maximum absolute atomic E-state index is 15.3. The van der Waals surface area contributed by atoms with E-state index >= 15 is 8.42 Å². The summed E-state index contributed by atoms with van der Waals surface area (Å²) in [5, 5.41) is 1.92. The smallest absolute Gasteiger partial charge is 0.0654 e. The molecule has 2 aromatic carbocycles. The molecule has 296 valence electrons. The van der Waals surface area contributed by atoms with Crippen LogP contribution in [0.15, 0.2) is 35.2 Å². The molecule has 0 saturated carbocycles. The second-order valence-corrected chi connectivity index (χ2v) is 23.8. The van der Waals surface area contributed by atoms with Crippen LogP contribution in [0, 0.1) is 0 Å². The first-order valence-corrected chi connectivity index (χ1v) is 26.6. The number of hydrogen-bond acceptors (Lipinski definition) is 3. The van der Waals surface area contributed by atoms with Gasteiger partial charge in [0, 0.05) is 0 Å². The number of rotatable bonds is 33. The third-order valence-corrected chi connectivity index (χ3v) is 21.2. The van der Waals surface area contributed by atoms with Crippen LogP contribution in [-0.4, -0.2) is 33.1 Å². The molecule has 0 aliphatic rings. The first-order valence-electron chi connectivity index (χ1n) is 22.3. The van der Waals surface area contributed by atoms with Crippen LogP contribution in [0.1, 0.15) is 207 Å². The molecule has 0 heterocycles. The Bertz CT molecular complexity index is 1280. The van der Waals surface area contributed by atoms with Gasteiger partial charge >= 0.3 is 274 Å². The molecule has 0 saturated heterocycles. The number of aryl methyl sites for hydroxylation is 1. The molecule has 0 aromatic heterocycles. The summed E-state index contributed by atoms with van der Waals surface area (Å²) in [6, 6.07) is 10.6. The van der Waals surface area contributed by atoms with Gasteiger partial charge in [0.15, 0.2) is 0 Å². The van der Waals surface area contributed by atoms with E-state index in [4.69, 9.17) is 3.97 Å². The topological polar surface area (TPSA) is 43.4 Å². The third-order valence-electron chi connectivity index (χ3n) is 11.9. The van der Waals surface area contributed by atoms with Crippen LogP contribution in [0.4, 0.5) is 0 Å². The van der Waals surface area contributed by atoms with Gasteiger partial charge in [-0.2, -0.15) is 0 Å². The predicted molar refractivity (Wildman–Crippen MR) is 231 cm³/mol. The Kier molecular flexibility index (Phi) is 23.5. The second-order valence-electron chi connectivity index (χ2n) is 16.2. The van der Waals surface area contributed by atoms with E-state index in [2.05, 4.69) is 65.8 Å². The third kappa shape index (κ3) is 15.7. The van der Waals surface area contributed by atoms with Crippen molar-refractivity contribution in [1.82, 2.24) is 0 Å². The molecule has 0 aliphatic heterocycles. The Balaban J connectivity index is 2.52. The molecule has 0 spiro atoms. The van der Waals surface area contributed by atoms with Crippen molar-refractivity contribution in [2.45, 2.75) is 213 Å². The maximum atomic E-state index is 15.3. The van der Waals surface area contributed by atoms with Crippen LogP contribution in [0.5, 0.6) is 0 Å². The Morgan fingerprint density at radius 1 is 0.510 bits per heavy atom. The van der Waals surface area contributed by atoms with E-state index in [9.17, 15) is 0 Å². The van der Waals surface area contributed by atoms with Crippen molar-refractivity contribution in [1.29, 1.82) is 0 Å². The van der Waals surface area contributed by atoms with Gasteiger partial charge in [-0.25, -0.2) is 0 Å². The molecule has 0 aliphatic carbocycles. The number of fused-ring (bicyclic) bond motifs is 1. The minimum Gasteiger partial charge on any atom is -0.0654 e. The fraction of sp³-hybridized carbons (Fsp3) is 0.783. The zero-order valence-corrected chi connectivity index (χ0v) is 36.4. The van der Waals surface area contributed by atoms with E-state index in [1.54, 1.807) is 0 Å². The molecule has 51 heavy (non-hydrogen) atoms. The van der Waals surface area contributed by atoms with Gasteiger partial charge in [0.2, 0.25) is 0 Å². The minimum atomic E-state index is -4.01. The standard InChI is InChI=1S/C46H83O3PS/c1-7-13-18-20-22-24-26-28-30-34-42-41-43-35-32-33-37-45(43)46(44(42)36-31-29-27-25-23-21-19-14-8-2)51(47,48)49-50(12-6,38-15-9-3,39-16-10-4)40-17-11-5/h32-33,35,37,41H,7-31,34,36,38-40H2,1-6H3. The van der Waals surface area contributed by atoms with Crippen LogP contribution >= 0.6 is 6.83 Å². The van der Waals surface area contributed by atoms with Crippen molar-refractivity contribution < 1.29 is 12.4 Å². The molecule has 3 nitrogen and oxygen atoms in total. The van der Waals surface area contributed by atoms with Gasteiger partial charge < -0.3 is 0 Å². The van der Waals surface area contributed by atoms with Crippen molar-refractivity contribution in [3.63, 3.8) is 0 Å². The van der Waals surface area contributed by atoms with E-state index in [1.165, 1.54) is 102 Å². The van der Waals surface area contributed by atoms with Crippen molar-refractivity contribution in [2.75, 3.05) is 24.6 Å². The Labute approximate surface area is 318 Å². The minimum absolute atomic E-state index is 0.526. The van der Waals surface area contributed by atoms with E-state index < -0.39 is 16.9 Å². The van der Waals surface area contributed by atoms with Crippen LogP contribution in [-0.2, 0) is 26.9 Å². The molecule has 0 unspecified atom stereocenters. The summed E-state index contributed by atoms with van der Waals surface area (Å²) < 4.78 is 37.7. The molecule has 0 bridgehead atoms. The SMILES string of the molecule is CCCCCCCCCCCc1cc2ccccc2c(S(=O)(=O)OP(CC)(CCCC)(CCCC)CCCC)c1CCCCCCCCCCC. The summed E-state index contributed by atoms with van der Waals surface area (Å²) in [6.45, 7) is 10.5. The van der Waals surface area contributed by atoms with E-state index in [1.807, 2.05) is 6.07 Å². The van der Waals surface area contributed by atoms with Crippen molar-refractivity contribution in [2.24, 2.45) is 0 Å². The molecule has 2 rings (SSSR count). The molecular weight excluding hydrogens is 664 g/mol. The first-order chi connectivity index (χ1) is 24.7. The van der Waals surface area contributed by atoms with Crippen molar-refractivity contribution >= 4 is 27.7 Å². The Hall–Kier alpha value is -0.960. The quantitative estimate of drug-likeness (QED) is 0.0539. The van der Waals surface area contributed by atoms with Crippen LogP contribution < -0.4 is 0 Å². The van der Waals surface area contributed by atoms with Gasteiger partial charge in [-0.05, 0) is 0 Å². The average molecular weight is 747 g/mol. The molecule has 0 fully saturated rings. The molecule has 0 radical (unpaired) electrons. The first kappa shape index (κ1) is 46.2. The number of unbranched alkanes of at least 4 members (excludes halogenated alkanes) is 19. The van der Waals surface area contributed by atoms with Crippen LogP contribution in [0.25, 0.3) is 10.8 Å². The van der Waals surface area contributed by atoms with Gasteiger partial charge in [-0.1, -0.05) is 46.0 Å². The zero-order chi connectivity index (χ0) is 37.3. The summed E-state index contributed by atoms with van der Waals surface area (Å²) in [7, 11) is -4.01.